The van der Waals surface area contributed by atoms with Gasteiger partial charge in [0.05, 0.1) is 0 Å². The Morgan fingerprint density at radius 2 is 1.76 bits per heavy atom. The van der Waals surface area contributed by atoms with E-state index in [2.05, 4.69) is 5.32 Å². The molecule has 6 heteroatoms. The maximum atomic E-state index is 12.7. The number of hydrogen-bond donors (Lipinski definition) is 1. The van der Waals surface area contributed by atoms with Crippen LogP contribution in [0, 0.1) is 0 Å². The summed E-state index contributed by atoms with van der Waals surface area (Å²) in [6.07, 6.45) is 6.80. The number of urea groups is 1. The van der Waals surface area contributed by atoms with Crippen LogP contribution in [0.15, 0.2) is 54.2 Å². The molecule has 0 unspecified atom stereocenters. The van der Waals surface area contributed by atoms with Crippen molar-refractivity contribution in [2.75, 3.05) is 0 Å². The number of halogens is 1. The number of amides is 3. The molecule has 2 aromatic rings. The smallest absolute Gasteiger partial charge is 0.329 e. The van der Waals surface area contributed by atoms with Gasteiger partial charge in [0.1, 0.15) is 18.1 Å². The summed E-state index contributed by atoms with van der Waals surface area (Å²) < 4.78 is 5.78. The Morgan fingerprint density at radius 1 is 1.03 bits per heavy atom. The molecule has 2 aliphatic rings. The first kappa shape index (κ1) is 19.5. The average molecular weight is 411 g/mol. The number of carbonyl (C=O) groups is 2. The number of rotatable bonds is 5. The molecule has 0 radical (unpaired) electrons. The monoisotopic (exact) mass is 410 g/mol. The Labute approximate surface area is 175 Å². The number of hydrogen-bond acceptors (Lipinski definition) is 3. The number of benzene rings is 2. The Bertz CT molecular complexity index is 933. The highest BCUT2D eigenvalue weighted by Crippen LogP contribution is 2.27. The first-order valence-electron chi connectivity index (χ1n) is 9.94. The van der Waals surface area contributed by atoms with Crippen LogP contribution in [0.25, 0.3) is 6.08 Å². The van der Waals surface area contributed by atoms with Gasteiger partial charge in [0.25, 0.3) is 5.91 Å². The first-order valence-corrected chi connectivity index (χ1v) is 10.3. The zero-order chi connectivity index (χ0) is 20.2. The van der Waals surface area contributed by atoms with E-state index in [4.69, 9.17) is 16.3 Å². The highest BCUT2D eigenvalue weighted by atomic mass is 35.5. The van der Waals surface area contributed by atoms with Crippen LogP contribution in [-0.4, -0.2) is 22.9 Å². The van der Waals surface area contributed by atoms with Crippen LogP contribution < -0.4 is 10.1 Å². The molecule has 1 aliphatic carbocycles. The van der Waals surface area contributed by atoms with Gasteiger partial charge in [0.2, 0.25) is 0 Å². The van der Waals surface area contributed by atoms with E-state index < -0.39 is 0 Å². The van der Waals surface area contributed by atoms with Gasteiger partial charge in [-0.15, -0.1) is 0 Å². The molecule has 1 N–H and O–H groups in total. The summed E-state index contributed by atoms with van der Waals surface area (Å²) in [5.74, 6) is 0.471. The van der Waals surface area contributed by atoms with Crippen molar-refractivity contribution in [2.45, 2.75) is 44.8 Å². The molecular formula is C23H23ClN2O3. The predicted octanol–water partition coefficient (Wildman–Crippen LogP) is 5.14. The van der Waals surface area contributed by atoms with Crippen molar-refractivity contribution in [3.05, 3.63) is 70.4 Å². The third-order valence-corrected chi connectivity index (χ3v) is 5.76. The first-order chi connectivity index (χ1) is 14.1. The number of imide groups is 1. The second-order valence-corrected chi connectivity index (χ2v) is 7.81. The van der Waals surface area contributed by atoms with Crippen molar-refractivity contribution in [1.29, 1.82) is 0 Å². The zero-order valence-electron chi connectivity index (χ0n) is 16.1. The van der Waals surface area contributed by atoms with Crippen LogP contribution in [-0.2, 0) is 11.4 Å². The Morgan fingerprint density at radius 3 is 2.48 bits per heavy atom. The van der Waals surface area contributed by atoms with Crippen LogP contribution in [0.3, 0.4) is 0 Å². The topological polar surface area (TPSA) is 58.6 Å². The molecule has 2 fully saturated rings. The fraction of sp³-hybridized carbons (Fsp3) is 0.304. The molecular weight excluding hydrogens is 388 g/mol. The second kappa shape index (κ2) is 8.70. The fourth-order valence-corrected chi connectivity index (χ4v) is 4.01. The fourth-order valence-electron chi connectivity index (χ4n) is 3.82. The minimum atomic E-state index is -0.312. The van der Waals surface area contributed by atoms with E-state index in [1.54, 1.807) is 6.08 Å². The number of nitrogens with one attached hydrogen (secondary N) is 1. The third kappa shape index (κ3) is 4.46. The van der Waals surface area contributed by atoms with Gasteiger partial charge in [-0.25, -0.2) is 4.79 Å². The molecule has 1 saturated carbocycles. The van der Waals surface area contributed by atoms with E-state index in [-0.39, 0.29) is 18.0 Å². The van der Waals surface area contributed by atoms with E-state index in [1.807, 2.05) is 48.5 Å². The predicted molar refractivity (Wildman–Crippen MR) is 112 cm³/mol. The van der Waals surface area contributed by atoms with Gasteiger partial charge < -0.3 is 10.1 Å². The summed E-state index contributed by atoms with van der Waals surface area (Å²) in [7, 11) is 0. The molecule has 4 rings (SSSR count). The van der Waals surface area contributed by atoms with Gasteiger partial charge in [0.15, 0.2) is 0 Å². The molecule has 0 bridgehead atoms. The second-order valence-electron chi connectivity index (χ2n) is 7.40. The maximum absolute atomic E-state index is 12.7. The van der Waals surface area contributed by atoms with Gasteiger partial charge in [-0.1, -0.05) is 61.2 Å². The van der Waals surface area contributed by atoms with Crippen molar-refractivity contribution < 1.29 is 14.3 Å². The van der Waals surface area contributed by atoms with E-state index in [0.29, 0.717) is 23.1 Å². The molecule has 1 saturated heterocycles. The van der Waals surface area contributed by atoms with E-state index in [9.17, 15) is 9.59 Å². The van der Waals surface area contributed by atoms with E-state index in [1.165, 1.54) is 11.3 Å². The van der Waals surface area contributed by atoms with Crippen LogP contribution in [0.2, 0.25) is 5.02 Å². The molecule has 3 amide bonds. The van der Waals surface area contributed by atoms with Crippen molar-refractivity contribution in [3.63, 3.8) is 0 Å². The summed E-state index contributed by atoms with van der Waals surface area (Å²) in [6, 6.07) is 14.7. The highest BCUT2D eigenvalue weighted by molar-refractivity contribution is 6.31. The molecule has 0 atom stereocenters. The van der Waals surface area contributed by atoms with Crippen molar-refractivity contribution in [2.24, 2.45) is 0 Å². The molecule has 29 heavy (non-hydrogen) atoms. The van der Waals surface area contributed by atoms with Gasteiger partial charge >= 0.3 is 6.03 Å². The number of ether oxygens (including phenoxy) is 1. The van der Waals surface area contributed by atoms with Crippen molar-refractivity contribution in [3.8, 4) is 5.75 Å². The van der Waals surface area contributed by atoms with Crippen molar-refractivity contribution >= 4 is 29.6 Å². The molecule has 1 heterocycles. The molecule has 2 aromatic carbocycles. The lowest BCUT2D eigenvalue weighted by molar-refractivity contribution is -0.124. The van der Waals surface area contributed by atoms with E-state index in [0.717, 1.165) is 36.8 Å². The Hall–Kier alpha value is -2.79. The standard InChI is InChI=1S/C23H23ClN2O3/c24-20-9-5-4-6-17(20)15-29-19-12-10-16(11-13-19)14-21-22(27)26(23(28)25-21)18-7-2-1-3-8-18/h4-6,9-14,18H,1-3,7-8,15H2,(H,25,28)/b21-14-. The summed E-state index contributed by atoms with van der Waals surface area (Å²) in [5, 5.41) is 3.39. The third-order valence-electron chi connectivity index (χ3n) is 5.39. The SMILES string of the molecule is O=C1N/C(=C\c2ccc(OCc3ccccc3Cl)cc2)C(=O)N1C1CCCCC1. The summed E-state index contributed by atoms with van der Waals surface area (Å²) in [5.41, 5.74) is 2.07. The number of nitrogens with zero attached hydrogens (tertiary/aromatic N) is 1. The molecule has 5 nitrogen and oxygen atoms in total. The van der Waals surface area contributed by atoms with Crippen LogP contribution in [0.5, 0.6) is 5.75 Å². The summed E-state index contributed by atoms with van der Waals surface area (Å²) >= 11 is 6.15. The maximum Gasteiger partial charge on any atom is 0.329 e. The van der Waals surface area contributed by atoms with E-state index >= 15 is 0 Å². The zero-order valence-corrected chi connectivity index (χ0v) is 16.8. The minimum absolute atomic E-state index is 0.0164. The van der Waals surface area contributed by atoms with Gasteiger partial charge in [-0.3, -0.25) is 9.69 Å². The van der Waals surface area contributed by atoms with Gasteiger partial charge in [0, 0.05) is 16.6 Å². The highest BCUT2D eigenvalue weighted by Gasteiger charge is 2.38. The number of carbonyl (C=O) groups excluding carboxylic acids is 2. The van der Waals surface area contributed by atoms with Crippen LogP contribution >= 0.6 is 11.6 Å². The molecule has 0 spiro atoms. The Balaban J connectivity index is 1.41. The minimum Gasteiger partial charge on any atom is -0.489 e. The van der Waals surface area contributed by atoms with Gasteiger partial charge in [-0.2, -0.15) is 0 Å². The molecule has 0 aromatic heterocycles. The lowest BCUT2D eigenvalue weighted by Crippen LogP contribution is -2.41. The largest absolute Gasteiger partial charge is 0.489 e. The van der Waals surface area contributed by atoms with Gasteiger partial charge in [-0.05, 0) is 42.7 Å². The summed E-state index contributed by atoms with van der Waals surface area (Å²) in [6.45, 7) is 0.380. The molecule has 1 aliphatic heterocycles. The normalized spacial score (nSPS) is 18.9. The van der Waals surface area contributed by atoms with Crippen LogP contribution in [0.4, 0.5) is 4.79 Å². The lowest BCUT2D eigenvalue weighted by Gasteiger charge is -2.28. The average Bonchev–Trinajstić information content (AvgIpc) is 3.02. The quantitative estimate of drug-likeness (QED) is 0.548. The molecule has 150 valence electrons. The lowest BCUT2D eigenvalue weighted by atomic mass is 9.94. The Kier molecular flexibility index (Phi) is 5.86. The van der Waals surface area contributed by atoms with Crippen molar-refractivity contribution in [1.82, 2.24) is 10.2 Å². The van der Waals surface area contributed by atoms with Crippen LogP contribution in [0.1, 0.15) is 43.2 Å². The summed E-state index contributed by atoms with van der Waals surface area (Å²) in [4.78, 5) is 26.4.